The fraction of sp³-hybridized carbons (Fsp3) is 0.176. The predicted molar refractivity (Wildman–Crippen MR) is 93.8 cm³/mol. The second kappa shape index (κ2) is 6.52. The molecule has 0 unspecified atom stereocenters. The zero-order chi connectivity index (χ0) is 18.1. The summed E-state index contributed by atoms with van der Waals surface area (Å²) in [5.74, 6) is -0.0732. The van der Waals surface area contributed by atoms with Crippen molar-refractivity contribution in [3.05, 3.63) is 52.3 Å². The fourth-order valence-electron chi connectivity index (χ4n) is 2.39. The zero-order valence-electron chi connectivity index (χ0n) is 13.8. The second-order valence-electron chi connectivity index (χ2n) is 5.45. The molecule has 3 rings (SSSR count). The molecule has 0 atom stereocenters. The highest BCUT2D eigenvalue weighted by molar-refractivity contribution is 6.31. The summed E-state index contributed by atoms with van der Waals surface area (Å²) in [7, 11) is 1.53. The Bertz CT molecular complexity index is 1010. The summed E-state index contributed by atoms with van der Waals surface area (Å²) >= 11 is 6.09. The Labute approximate surface area is 148 Å². The molecular weight excluding hydrogens is 344 g/mol. The van der Waals surface area contributed by atoms with Crippen molar-refractivity contribution >= 4 is 34.7 Å². The van der Waals surface area contributed by atoms with E-state index in [9.17, 15) is 4.79 Å². The van der Waals surface area contributed by atoms with Gasteiger partial charge >= 0.3 is 5.97 Å². The van der Waals surface area contributed by atoms with Gasteiger partial charge in [-0.2, -0.15) is 0 Å². The van der Waals surface area contributed by atoms with Crippen molar-refractivity contribution in [2.24, 2.45) is 10.2 Å². The Kier molecular flexibility index (Phi) is 4.41. The maximum absolute atomic E-state index is 11.2. The highest BCUT2D eigenvalue weighted by atomic mass is 35.5. The van der Waals surface area contributed by atoms with Gasteiger partial charge in [0, 0.05) is 17.3 Å². The number of azo groups is 1. The number of hydrogen-bond acceptors (Lipinski definition) is 5. The van der Waals surface area contributed by atoms with Gasteiger partial charge < -0.3 is 9.84 Å². The van der Waals surface area contributed by atoms with E-state index in [0.29, 0.717) is 33.6 Å². The molecule has 2 aromatic heterocycles. The third kappa shape index (κ3) is 3.18. The molecule has 0 spiro atoms. The molecule has 1 N–H and O–H groups in total. The van der Waals surface area contributed by atoms with Gasteiger partial charge in [-0.05, 0) is 37.6 Å². The summed E-state index contributed by atoms with van der Waals surface area (Å²) in [6.45, 7) is 3.64. The Hall–Kier alpha value is -2.93. The number of pyridine rings is 1. The molecule has 0 aliphatic heterocycles. The quantitative estimate of drug-likeness (QED) is 0.683. The molecule has 0 radical (unpaired) electrons. The molecule has 7 nitrogen and oxygen atoms in total. The van der Waals surface area contributed by atoms with Crippen LogP contribution in [-0.4, -0.2) is 27.6 Å². The van der Waals surface area contributed by atoms with E-state index in [-0.39, 0.29) is 5.56 Å². The Morgan fingerprint density at radius 2 is 2.04 bits per heavy atom. The number of hydrogen-bond donors (Lipinski definition) is 1. The molecular formula is C17H15ClN4O3. The summed E-state index contributed by atoms with van der Waals surface area (Å²) in [6.07, 6.45) is 1.47. The van der Waals surface area contributed by atoms with Crippen molar-refractivity contribution in [3.8, 4) is 5.75 Å². The van der Waals surface area contributed by atoms with Crippen molar-refractivity contribution in [2.45, 2.75) is 13.8 Å². The van der Waals surface area contributed by atoms with Crippen LogP contribution in [-0.2, 0) is 0 Å². The summed E-state index contributed by atoms with van der Waals surface area (Å²) in [6, 6.07) is 6.57. The maximum Gasteiger partial charge on any atom is 0.337 e. The standard InChI is InChI=1S/C17H15ClN4O3/c1-9-6-13(14(25-3)7-12(9)18)20-21-16-10(2)19-15-5-4-11(17(23)24)8-22(15)16/h4-8H,1-3H3,(H,23,24). The molecule has 0 saturated carbocycles. The van der Waals surface area contributed by atoms with Crippen LogP contribution in [0.1, 0.15) is 21.6 Å². The number of imidazole rings is 1. The number of rotatable bonds is 4. The van der Waals surface area contributed by atoms with Crippen LogP contribution in [0.25, 0.3) is 5.65 Å². The SMILES string of the molecule is COc1cc(Cl)c(C)cc1N=Nc1c(C)nc2ccc(C(=O)O)cn12. The molecule has 0 amide bonds. The van der Waals surface area contributed by atoms with Gasteiger partial charge in [-0.1, -0.05) is 11.6 Å². The Balaban J connectivity index is 2.10. The Morgan fingerprint density at radius 3 is 2.72 bits per heavy atom. The molecule has 0 fully saturated rings. The minimum absolute atomic E-state index is 0.140. The van der Waals surface area contributed by atoms with E-state index in [1.807, 2.05) is 6.92 Å². The van der Waals surface area contributed by atoms with Crippen molar-refractivity contribution in [3.63, 3.8) is 0 Å². The lowest BCUT2D eigenvalue weighted by atomic mass is 10.2. The van der Waals surface area contributed by atoms with E-state index < -0.39 is 5.97 Å². The van der Waals surface area contributed by atoms with Crippen molar-refractivity contribution < 1.29 is 14.6 Å². The normalized spacial score (nSPS) is 11.4. The first-order chi connectivity index (χ1) is 11.9. The molecule has 25 heavy (non-hydrogen) atoms. The number of carboxylic acids is 1. The highest BCUT2D eigenvalue weighted by Gasteiger charge is 2.12. The lowest BCUT2D eigenvalue weighted by Gasteiger charge is -2.06. The number of aromatic nitrogens is 2. The smallest absolute Gasteiger partial charge is 0.337 e. The van der Waals surface area contributed by atoms with E-state index >= 15 is 0 Å². The Morgan fingerprint density at radius 1 is 1.28 bits per heavy atom. The number of ether oxygens (including phenoxy) is 1. The van der Waals surface area contributed by atoms with Crippen LogP contribution >= 0.6 is 11.6 Å². The molecule has 0 bridgehead atoms. The van der Waals surface area contributed by atoms with E-state index in [2.05, 4.69) is 15.2 Å². The number of methoxy groups -OCH3 is 1. The molecule has 3 aromatic rings. The van der Waals surface area contributed by atoms with E-state index in [4.69, 9.17) is 21.4 Å². The van der Waals surface area contributed by atoms with Gasteiger partial charge in [0.1, 0.15) is 17.1 Å². The number of carboxylic acid groups (broad SMARTS) is 1. The van der Waals surface area contributed by atoms with Gasteiger partial charge in [0.05, 0.1) is 18.4 Å². The number of nitrogens with zero attached hydrogens (tertiary/aromatic N) is 4. The van der Waals surface area contributed by atoms with Gasteiger partial charge in [-0.25, -0.2) is 9.78 Å². The molecule has 0 saturated heterocycles. The summed E-state index contributed by atoms with van der Waals surface area (Å²) in [5.41, 5.74) is 2.74. The number of halogens is 1. The molecule has 8 heteroatoms. The van der Waals surface area contributed by atoms with Crippen LogP contribution in [0, 0.1) is 13.8 Å². The van der Waals surface area contributed by atoms with Crippen molar-refractivity contribution in [1.29, 1.82) is 0 Å². The first kappa shape index (κ1) is 16.9. The fourth-order valence-corrected chi connectivity index (χ4v) is 2.54. The summed E-state index contributed by atoms with van der Waals surface area (Å²) in [5, 5.41) is 18.2. The highest BCUT2D eigenvalue weighted by Crippen LogP contribution is 2.34. The topological polar surface area (TPSA) is 88.5 Å². The van der Waals surface area contributed by atoms with Gasteiger partial charge in [-0.15, -0.1) is 10.2 Å². The third-order valence-electron chi connectivity index (χ3n) is 3.72. The summed E-state index contributed by atoms with van der Waals surface area (Å²) in [4.78, 5) is 15.5. The molecule has 128 valence electrons. The molecule has 0 aliphatic carbocycles. The second-order valence-corrected chi connectivity index (χ2v) is 5.85. The van der Waals surface area contributed by atoms with Gasteiger partial charge in [-0.3, -0.25) is 4.40 Å². The zero-order valence-corrected chi connectivity index (χ0v) is 14.6. The van der Waals surface area contributed by atoms with Crippen molar-refractivity contribution in [2.75, 3.05) is 7.11 Å². The average molecular weight is 359 g/mol. The van der Waals surface area contributed by atoms with Gasteiger partial charge in [0.15, 0.2) is 5.82 Å². The van der Waals surface area contributed by atoms with Crippen molar-refractivity contribution in [1.82, 2.24) is 9.38 Å². The van der Waals surface area contributed by atoms with Crippen LogP contribution in [0.3, 0.4) is 0 Å². The predicted octanol–water partition coefficient (Wildman–Crippen LogP) is 4.73. The van der Waals surface area contributed by atoms with E-state index in [1.54, 1.807) is 29.5 Å². The lowest BCUT2D eigenvalue weighted by molar-refractivity contribution is 0.0696. The van der Waals surface area contributed by atoms with Crippen LogP contribution in [0.15, 0.2) is 40.7 Å². The van der Waals surface area contributed by atoms with Crippen LogP contribution < -0.4 is 4.74 Å². The van der Waals surface area contributed by atoms with Crippen LogP contribution in [0.2, 0.25) is 5.02 Å². The van der Waals surface area contributed by atoms with E-state index in [0.717, 1.165) is 5.56 Å². The molecule has 0 aliphatic rings. The largest absolute Gasteiger partial charge is 0.494 e. The number of aromatic carboxylic acids is 1. The minimum atomic E-state index is -1.02. The van der Waals surface area contributed by atoms with Crippen LogP contribution in [0.5, 0.6) is 5.75 Å². The first-order valence-corrected chi connectivity index (χ1v) is 7.76. The number of aryl methyl sites for hydroxylation is 2. The van der Waals surface area contributed by atoms with E-state index in [1.165, 1.54) is 19.4 Å². The number of benzene rings is 1. The number of carbonyl (C=O) groups is 1. The first-order valence-electron chi connectivity index (χ1n) is 7.38. The molecule has 1 aromatic carbocycles. The third-order valence-corrected chi connectivity index (χ3v) is 4.13. The minimum Gasteiger partial charge on any atom is -0.494 e. The van der Waals surface area contributed by atoms with Gasteiger partial charge in [0.2, 0.25) is 0 Å². The van der Waals surface area contributed by atoms with Crippen LogP contribution in [0.4, 0.5) is 11.5 Å². The molecule has 2 heterocycles. The lowest BCUT2D eigenvalue weighted by Crippen LogP contribution is -1.98. The average Bonchev–Trinajstić information content (AvgIpc) is 2.89. The summed E-state index contributed by atoms with van der Waals surface area (Å²) < 4.78 is 6.88. The van der Waals surface area contributed by atoms with Gasteiger partial charge in [0.25, 0.3) is 0 Å². The monoisotopic (exact) mass is 358 g/mol. The maximum atomic E-state index is 11.2. The number of fused-ring (bicyclic) bond motifs is 1.